The molecule has 1 unspecified atom stereocenters. The smallest absolute Gasteiger partial charge is 0.279 e. The lowest BCUT2D eigenvalue weighted by Crippen LogP contribution is -2.47. The van der Waals surface area contributed by atoms with Crippen LogP contribution in [0.4, 0.5) is 4.39 Å². The highest BCUT2D eigenvalue weighted by Gasteiger charge is 2.18. The normalized spacial score (nSPS) is 11.4. The Bertz CT molecular complexity index is 1030. The Labute approximate surface area is 181 Å². The van der Waals surface area contributed by atoms with Gasteiger partial charge in [0.15, 0.2) is 6.10 Å². The Hall–Kier alpha value is -3.10. The molecule has 0 spiro atoms. The Balaban J connectivity index is 1.59. The van der Waals surface area contributed by atoms with E-state index in [1.807, 2.05) is 12.1 Å². The van der Waals surface area contributed by atoms with Gasteiger partial charge in [-0.05, 0) is 67.6 Å². The van der Waals surface area contributed by atoms with Crippen molar-refractivity contribution in [3.63, 3.8) is 0 Å². The van der Waals surface area contributed by atoms with Crippen LogP contribution in [-0.2, 0) is 4.79 Å². The van der Waals surface area contributed by atoms with Crippen molar-refractivity contribution in [3.05, 3.63) is 83.3 Å². The number of hydrogen-bond acceptors (Lipinski definition) is 5. The lowest BCUT2D eigenvalue weighted by molar-refractivity contribution is -0.128. The molecule has 6 nitrogen and oxygen atoms in total. The van der Waals surface area contributed by atoms with Crippen LogP contribution in [0.25, 0.3) is 0 Å². The molecule has 2 aromatic carbocycles. The van der Waals surface area contributed by atoms with Gasteiger partial charge in [0.2, 0.25) is 0 Å². The van der Waals surface area contributed by atoms with Crippen LogP contribution in [0.15, 0.2) is 76.8 Å². The number of pyridine rings is 1. The van der Waals surface area contributed by atoms with Gasteiger partial charge in [0, 0.05) is 16.1 Å². The van der Waals surface area contributed by atoms with Crippen molar-refractivity contribution >= 4 is 35.2 Å². The van der Waals surface area contributed by atoms with Crippen LogP contribution in [0.2, 0.25) is 5.02 Å². The molecule has 9 heteroatoms. The van der Waals surface area contributed by atoms with Crippen LogP contribution in [0.5, 0.6) is 5.75 Å². The molecule has 0 aliphatic carbocycles. The lowest BCUT2D eigenvalue weighted by Gasteiger charge is -2.15. The van der Waals surface area contributed by atoms with E-state index >= 15 is 0 Å². The molecule has 154 valence electrons. The minimum Gasteiger partial charge on any atom is -0.481 e. The van der Waals surface area contributed by atoms with Crippen LogP contribution in [0, 0.1) is 5.82 Å². The van der Waals surface area contributed by atoms with Crippen molar-refractivity contribution in [1.29, 1.82) is 0 Å². The fraction of sp³-hybridized carbons (Fsp3) is 0.0952. The van der Waals surface area contributed by atoms with Crippen molar-refractivity contribution in [2.75, 3.05) is 0 Å². The van der Waals surface area contributed by atoms with Crippen LogP contribution in [0.1, 0.15) is 17.3 Å². The van der Waals surface area contributed by atoms with Crippen LogP contribution in [0.3, 0.4) is 0 Å². The van der Waals surface area contributed by atoms with Gasteiger partial charge in [0.25, 0.3) is 11.8 Å². The van der Waals surface area contributed by atoms with Crippen molar-refractivity contribution in [3.8, 4) is 5.75 Å². The van der Waals surface area contributed by atoms with Gasteiger partial charge < -0.3 is 4.74 Å². The van der Waals surface area contributed by atoms with E-state index in [0.717, 1.165) is 4.90 Å². The maximum absolute atomic E-state index is 12.9. The monoisotopic (exact) mass is 445 g/mol. The predicted molar refractivity (Wildman–Crippen MR) is 112 cm³/mol. The van der Waals surface area contributed by atoms with Crippen molar-refractivity contribution in [2.24, 2.45) is 0 Å². The first-order valence-corrected chi connectivity index (χ1v) is 10.0. The molecule has 2 amide bonds. The molecule has 0 aliphatic heterocycles. The first-order chi connectivity index (χ1) is 14.4. The highest BCUT2D eigenvalue weighted by molar-refractivity contribution is 7.99. The number of halogens is 2. The molecule has 3 aromatic rings. The molecule has 0 fully saturated rings. The summed E-state index contributed by atoms with van der Waals surface area (Å²) in [6.45, 7) is 1.51. The van der Waals surface area contributed by atoms with E-state index in [0.29, 0.717) is 21.4 Å². The van der Waals surface area contributed by atoms with Gasteiger partial charge in [-0.3, -0.25) is 20.4 Å². The molecule has 3 rings (SSSR count). The molecule has 30 heavy (non-hydrogen) atoms. The second-order valence-electron chi connectivity index (χ2n) is 6.07. The fourth-order valence-electron chi connectivity index (χ4n) is 2.32. The molecule has 1 heterocycles. The standard InChI is InChI=1S/C21H17ClFN3O3S/c1-13(29-16-8-6-15(23)7-9-16)19(27)25-26-20(28)18-3-2-12-24-21(18)30-17-10-4-14(22)5-11-17/h2-13H,1H3,(H,25,27)(H,26,28). The average Bonchev–Trinajstić information content (AvgIpc) is 2.75. The zero-order valence-electron chi connectivity index (χ0n) is 15.8. The second-order valence-corrected chi connectivity index (χ2v) is 7.57. The van der Waals surface area contributed by atoms with E-state index < -0.39 is 23.7 Å². The Morgan fingerprint density at radius 3 is 2.47 bits per heavy atom. The number of benzene rings is 2. The molecule has 0 bridgehead atoms. The van der Waals surface area contributed by atoms with Gasteiger partial charge in [-0.2, -0.15) is 0 Å². The van der Waals surface area contributed by atoms with E-state index in [4.69, 9.17) is 16.3 Å². The first-order valence-electron chi connectivity index (χ1n) is 8.83. The molecule has 0 aliphatic rings. The topological polar surface area (TPSA) is 80.3 Å². The van der Waals surface area contributed by atoms with Gasteiger partial charge in [0.1, 0.15) is 16.6 Å². The second kappa shape index (κ2) is 10.1. The van der Waals surface area contributed by atoms with E-state index in [1.54, 1.807) is 30.5 Å². The third-order valence-corrected chi connectivity index (χ3v) is 5.12. The molecular formula is C21H17ClFN3O3S. The first kappa shape index (κ1) is 21.6. The Kier molecular flexibility index (Phi) is 7.26. The predicted octanol–water partition coefficient (Wildman–Crippen LogP) is 4.25. The number of carbonyl (C=O) groups is 2. The minimum absolute atomic E-state index is 0.296. The maximum Gasteiger partial charge on any atom is 0.279 e. The van der Waals surface area contributed by atoms with Crippen molar-refractivity contribution in [1.82, 2.24) is 15.8 Å². The summed E-state index contributed by atoms with van der Waals surface area (Å²) in [4.78, 5) is 29.9. The molecule has 0 saturated carbocycles. The number of ether oxygens (including phenoxy) is 1. The minimum atomic E-state index is -0.910. The fourth-order valence-corrected chi connectivity index (χ4v) is 3.32. The summed E-state index contributed by atoms with van der Waals surface area (Å²) in [6, 6.07) is 15.6. The summed E-state index contributed by atoms with van der Waals surface area (Å²) in [5.74, 6) is -1.17. The van der Waals surface area contributed by atoms with Gasteiger partial charge in [-0.25, -0.2) is 9.37 Å². The zero-order valence-corrected chi connectivity index (χ0v) is 17.3. The summed E-state index contributed by atoms with van der Waals surface area (Å²) in [5, 5.41) is 1.08. The maximum atomic E-state index is 12.9. The van der Waals surface area contributed by atoms with E-state index in [2.05, 4.69) is 15.8 Å². The van der Waals surface area contributed by atoms with Crippen LogP contribution < -0.4 is 15.6 Å². The quantitative estimate of drug-likeness (QED) is 0.554. The summed E-state index contributed by atoms with van der Waals surface area (Å²) >= 11 is 7.19. The number of hydrogen-bond donors (Lipinski definition) is 2. The summed E-state index contributed by atoms with van der Waals surface area (Å²) in [6.07, 6.45) is 0.666. The zero-order chi connectivity index (χ0) is 21.5. The van der Waals surface area contributed by atoms with Gasteiger partial charge in [0.05, 0.1) is 5.56 Å². The summed E-state index contributed by atoms with van der Waals surface area (Å²) in [5.41, 5.74) is 4.97. The third-order valence-electron chi connectivity index (χ3n) is 3.84. The number of amides is 2. The average molecular weight is 446 g/mol. The number of aromatic nitrogens is 1. The number of rotatable bonds is 6. The van der Waals surface area contributed by atoms with E-state index in [9.17, 15) is 14.0 Å². The molecule has 0 radical (unpaired) electrons. The number of carbonyl (C=O) groups excluding carboxylic acids is 2. The highest BCUT2D eigenvalue weighted by Crippen LogP contribution is 2.29. The third kappa shape index (κ3) is 5.95. The van der Waals surface area contributed by atoms with Gasteiger partial charge in [-0.1, -0.05) is 23.4 Å². The number of nitrogens with one attached hydrogen (secondary N) is 2. The van der Waals surface area contributed by atoms with Gasteiger partial charge in [-0.15, -0.1) is 0 Å². The Morgan fingerprint density at radius 1 is 1.07 bits per heavy atom. The van der Waals surface area contributed by atoms with Gasteiger partial charge >= 0.3 is 0 Å². The molecular weight excluding hydrogens is 429 g/mol. The lowest BCUT2D eigenvalue weighted by atomic mass is 10.3. The Morgan fingerprint density at radius 2 is 1.77 bits per heavy atom. The SMILES string of the molecule is CC(Oc1ccc(F)cc1)C(=O)NNC(=O)c1cccnc1Sc1ccc(Cl)cc1. The van der Waals surface area contributed by atoms with Crippen molar-refractivity contribution in [2.45, 2.75) is 22.9 Å². The molecule has 0 saturated heterocycles. The molecule has 1 atom stereocenters. The number of hydrazine groups is 1. The van der Waals surface area contributed by atoms with Crippen molar-refractivity contribution < 1.29 is 18.7 Å². The molecule has 1 aromatic heterocycles. The summed E-state index contributed by atoms with van der Waals surface area (Å²) in [7, 11) is 0. The highest BCUT2D eigenvalue weighted by atomic mass is 35.5. The van der Waals surface area contributed by atoms with E-state index in [1.165, 1.54) is 43.0 Å². The summed E-state index contributed by atoms with van der Waals surface area (Å²) < 4.78 is 18.4. The van der Waals surface area contributed by atoms with Crippen LogP contribution in [-0.4, -0.2) is 22.9 Å². The largest absolute Gasteiger partial charge is 0.481 e. The number of nitrogens with zero attached hydrogens (tertiary/aromatic N) is 1. The van der Waals surface area contributed by atoms with Crippen LogP contribution >= 0.6 is 23.4 Å². The van der Waals surface area contributed by atoms with E-state index in [-0.39, 0.29) is 0 Å². The molecule has 2 N–H and O–H groups in total.